The third kappa shape index (κ3) is 4.14. The van der Waals surface area contributed by atoms with E-state index in [0.29, 0.717) is 25.3 Å². The Labute approximate surface area is 99.2 Å². The van der Waals surface area contributed by atoms with Crippen LogP contribution >= 0.6 is 0 Å². The number of rotatable bonds is 6. The van der Waals surface area contributed by atoms with Gasteiger partial charge in [0.25, 0.3) is 5.91 Å². The molecule has 0 aliphatic carbocycles. The van der Waals surface area contributed by atoms with E-state index in [1.807, 2.05) is 12.1 Å². The molecule has 0 heterocycles. The van der Waals surface area contributed by atoms with E-state index < -0.39 is 0 Å². The van der Waals surface area contributed by atoms with Crippen molar-refractivity contribution in [1.29, 1.82) is 0 Å². The summed E-state index contributed by atoms with van der Waals surface area (Å²) in [6.07, 6.45) is 0. The molecule has 0 atom stereocenters. The zero-order valence-electron chi connectivity index (χ0n) is 9.59. The van der Waals surface area contributed by atoms with Crippen molar-refractivity contribution >= 4 is 5.91 Å². The number of benzene rings is 1. The topological polar surface area (TPSA) is 87.1 Å². The molecule has 1 rings (SSSR count). The normalized spacial score (nSPS) is 9.47. The first-order chi connectivity index (χ1) is 8.29. The molecular formula is C11H14N4O2. The molecule has 0 bridgehead atoms. The number of carbonyl (C=O) groups is 1. The molecule has 6 heteroatoms. The van der Waals surface area contributed by atoms with Gasteiger partial charge in [-0.25, -0.2) is 0 Å². The van der Waals surface area contributed by atoms with E-state index in [1.165, 1.54) is 0 Å². The highest BCUT2D eigenvalue weighted by molar-refractivity contribution is 5.95. The second-order valence-electron chi connectivity index (χ2n) is 3.24. The molecular weight excluding hydrogens is 220 g/mol. The zero-order chi connectivity index (χ0) is 12.5. The minimum absolute atomic E-state index is 0.140. The van der Waals surface area contributed by atoms with Crippen LogP contribution in [0.1, 0.15) is 15.9 Å². The molecule has 1 N–H and O–H groups in total. The number of amides is 1. The minimum Gasteiger partial charge on any atom is -0.377 e. The third-order valence-corrected chi connectivity index (χ3v) is 2.15. The maximum atomic E-state index is 11.5. The van der Waals surface area contributed by atoms with Crippen LogP contribution in [0.25, 0.3) is 10.4 Å². The Bertz CT molecular complexity index is 427. The molecule has 0 saturated carbocycles. The summed E-state index contributed by atoms with van der Waals surface area (Å²) in [5.41, 5.74) is 9.49. The first-order valence-corrected chi connectivity index (χ1v) is 5.18. The largest absolute Gasteiger partial charge is 0.377 e. The van der Waals surface area contributed by atoms with E-state index in [2.05, 4.69) is 15.3 Å². The van der Waals surface area contributed by atoms with Crippen molar-refractivity contribution in [2.45, 2.75) is 6.61 Å². The molecule has 0 radical (unpaired) electrons. The van der Waals surface area contributed by atoms with Gasteiger partial charge in [-0.05, 0) is 17.2 Å². The van der Waals surface area contributed by atoms with Gasteiger partial charge in [-0.1, -0.05) is 23.3 Å². The molecule has 0 saturated heterocycles. The summed E-state index contributed by atoms with van der Waals surface area (Å²) in [5.74, 6) is -0.140. The lowest BCUT2D eigenvalue weighted by Gasteiger charge is -2.08. The van der Waals surface area contributed by atoms with E-state index in [9.17, 15) is 4.79 Å². The van der Waals surface area contributed by atoms with Gasteiger partial charge in [-0.2, -0.15) is 0 Å². The summed E-state index contributed by atoms with van der Waals surface area (Å²) in [6, 6.07) is 7.22. The Kier molecular flexibility index (Phi) is 5.57. The van der Waals surface area contributed by atoms with Crippen LogP contribution in [0.3, 0.4) is 0 Å². The molecule has 0 aliphatic heterocycles. The Morgan fingerprint density at radius 1 is 1.53 bits per heavy atom. The highest BCUT2D eigenvalue weighted by Crippen LogP contribution is 2.09. The fourth-order valence-corrected chi connectivity index (χ4v) is 1.33. The van der Waals surface area contributed by atoms with Crippen LogP contribution < -0.4 is 5.32 Å². The predicted octanol–water partition coefficient (Wildman–Crippen LogP) is 1.87. The summed E-state index contributed by atoms with van der Waals surface area (Å²) in [6.45, 7) is 0.954. The van der Waals surface area contributed by atoms with Crippen molar-refractivity contribution in [3.05, 3.63) is 45.8 Å². The second-order valence-corrected chi connectivity index (χ2v) is 3.24. The van der Waals surface area contributed by atoms with Crippen LogP contribution in [0.15, 0.2) is 29.4 Å². The third-order valence-electron chi connectivity index (χ3n) is 2.15. The highest BCUT2D eigenvalue weighted by atomic mass is 16.5. The van der Waals surface area contributed by atoms with Crippen LogP contribution in [-0.4, -0.2) is 26.1 Å². The fourth-order valence-electron chi connectivity index (χ4n) is 1.33. The predicted molar refractivity (Wildman–Crippen MR) is 63.5 cm³/mol. The first kappa shape index (κ1) is 13.0. The Balaban J connectivity index is 2.58. The van der Waals surface area contributed by atoms with Gasteiger partial charge in [0, 0.05) is 24.1 Å². The molecule has 1 aromatic rings. The van der Waals surface area contributed by atoms with Gasteiger partial charge in [-0.3, -0.25) is 4.79 Å². The van der Waals surface area contributed by atoms with E-state index in [-0.39, 0.29) is 5.91 Å². The standard InChI is InChI=1S/C11H14N4O2/c1-13-11(16)10-5-3-2-4-9(10)8-17-7-6-14-15-12/h2-5H,6-8H2,1H3,(H,13,16). The van der Waals surface area contributed by atoms with E-state index >= 15 is 0 Å². The minimum atomic E-state index is -0.140. The smallest absolute Gasteiger partial charge is 0.251 e. The fraction of sp³-hybridized carbons (Fsp3) is 0.364. The Morgan fingerprint density at radius 2 is 2.29 bits per heavy atom. The Morgan fingerprint density at radius 3 is 3.00 bits per heavy atom. The lowest BCUT2D eigenvalue weighted by molar-refractivity contribution is 0.0951. The zero-order valence-corrected chi connectivity index (χ0v) is 9.59. The monoisotopic (exact) mass is 234 g/mol. The quantitative estimate of drug-likeness (QED) is 0.352. The van der Waals surface area contributed by atoms with Crippen molar-refractivity contribution < 1.29 is 9.53 Å². The van der Waals surface area contributed by atoms with Crippen molar-refractivity contribution in [2.24, 2.45) is 5.11 Å². The lowest BCUT2D eigenvalue weighted by Crippen LogP contribution is -2.19. The van der Waals surface area contributed by atoms with Gasteiger partial charge in [0.2, 0.25) is 0 Å². The first-order valence-electron chi connectivity index (χ1n) is 5.18. The van der Waals surface area contributed by atoms with Gasteiger partial charge >= 0.3 is 0 Å². The van der Waals surface area contributed by atoms with Crippen molar-refractivity contribution in [3.8, 4) is 0 Å². The summed E-state index contributed by atoms with van der Waals surface area (Å²) >= 11 is 0. The lowest BCUT2D eigenvalue weighted by atomic mass is 10.1. The number of ether oxygens (including phenoxy) is 1. The SMILES string of the molecule is CNC(=O)c1ccccc1COCCN=[N+]=[N-]. The van der Waals surface area contributed by atoms with Crippen LogP contribution in [0.2, 0.25) is 0 Å². The van der Waals surface area contributed by atoms with Gasteiger partial charge in [0.1, 0.15) is 0 Å². The number of nitrogens with zero attached hydrogens (tertiary/aromatic N) is 3. The van der Waals surface area contributed by atoms with E-state index in [0.717, 1.165) is 5.56 Å². The van der Waals surface area contributed by atoms with Crippen LogP contribution in [0.4, 0.5) is 0 Å². The van der Waals surface area contributed by atoms with E-state index in [1.54, 1.807) is 19.2 Å². The van der Waals surface area contributed by atoms with Crippen LogP contribution in [-0.2, 0) is 11.3 Å². The van der Waals surface area contributed by atoms with Crippen molar-refractivity contribution in [3.63, 3.8) is 0 Å². The second kappa shape index (κ2) is 7.27. The maximum absolute atomic E-state index is 11.5. The average Bonchev–Trinajstić information content (AvgIpc) is 2.38. The molecule has 6 nitrogen and oxygen atoms in total. The van der Waals surface area contributed by atoms with E-state index in [4.69, 9.17) is 10.3 Å². The molecule has 0 fully saturated rings. The number of nitrogens with one attached hydrogen (secondary N) is 1. The molecule has 0 unspecified atom stereocenters. The maximum Gasteiger partial charge on any atom is 0.251 e. The molecule has 0 aromatic heterocycles. The number of hydrogen-bond donors (Lipinski definition) is 1. The van der Waals surface area contributed by atoms with Crippen LogP contribution in [0, 0.1) is 0 Å². The molecule has 0 aliphatic rings. The van der Waals surface area contributed by atoms with Gasteiger partial charge in [0.05, 0.1) is 13.2 Å². The van der Waals surface area contributed by atoms with Gasteiger partial charge in [-0.15, -0.1) is 0 Å². The van der Waals surface area contributed by atoms with Crippen LogP contribution in [0.5, 0.6) is 0 Å². The molecule has 0 spiro atoms. The summed E-state index contributed by atoms with van der Waals surface area (Å²) in [4.78, 5) is 14.2. The molecule has 90 valence electrons. The average molecular weight is 234 g/mol. The van der Waals surface area contributed by atoms with Gasteiger partial charge in [0.15, 0.2) is 0 Å². The molecule has 17 heavy (non-hydrogen) atoms. The van der Waals surface area contributed by atoms with Crippen molar-refractivity contribution in [1.82, 2.24) is 5.32 Å². The summed E-state index contributed by atoms with van der Waals surface area (Å²) in [7, 11) is 1.58. The summed E-state index contributed by atoms with van der Waals surface area (Å²) in [5, 5.41) is 5.92. The number of hydrogen-bond acceptors (Lipinski definition) is 3. The molecule has 1 aromatic carbocycles. The number of carbonyl (C=O) groups excluding carboxylic acids is 1. The van der Waals surface area contributed by atoms with Crippen molar-refractivity contribution in [2.75, 3.05) is 20.2 Å². The Hall–Kier alpha value is -2.04. The number of azide groups is 1. The summed E-state index contributed by atoms with van der Waals surface area (Å²) < 4.78 is 5.31. The highest BCUT2D eigenvalue weighted by Gasteiger charge is 2.08. The van der Waals surface area contributed by atoms with Gasteiger partial charge < -0.3 is 10.1 Å². The molecule has 1 amide bonds.